The van der Waals surface area contributed by atoms with Gasteiger partial charge in [-0.1, -0.05) is 74.5 Å². The molecule has 2 atom stereocenters. The van der Waals surface area contributed by atoms with E-state index in [-0.39, 0.29) is 22.2 Å². The summed E-state index contributed by atoms with van der Waals surface area (Å²) in [5.74, 6) is -0.254. The van der Waals surface area contributed by atoms with E-state index in [0.717, 1.165) is 11.1 Å². The molecule has 3 nitrogen and oxygen atoms in total. The van der Waals surface area contributed by atoms with E-state index >= 15 is 0 Å². The molecule has 1 aliphatic rings. The van der Waals surface area contributed by atoms with Gasteiger partial charge in [0.1, 0.15) is 5.25 Å². The van der Waals surface area contributed by atoms with Crippen molar-refractivity contribution in [1.82, 2.24) is 0 Å². The number of hydrogen-bond acceptors (Lipinski definition) is 2. The first-order chi connectivity index (χ1) is 9.45. The highest BCUT2D eigenvalue weighted by Gasteiger charge is 2.46. The van der Waals surface area contributed by atoms with Crippen LogP contribution in [-0.4, -0.2) is 18.2 Å². The first-order valence-electron chi connectivity index (χ1n) is 7.86. The molecule has 0 heterocycles. The number of hydrogen-bond donors (Lipinski definition) is 1. The van der Waals surface area contributed by atoms with Crippen LogP contribution in [0.4, 0.5) is 0 Å². The first kappa shape index (κ1) is 19.4. The van der Waals surface area contributed by atoms with Gasteiger partial charge in [0.05, 0.1) is 0 Å². The Labute approximate surface area is 136 Å². The van der Waals surface area contributed by atoms with Gasteiger partial charge in [0, 0.05) is 5.92 Å². The first-order valence-corrected chi connectivity index (χ1v) is 9.36. The lowest BCUT2D eigenvalue weighted by atomic mass is 9.66. The average molecular weight is 329 g/mol. The topological polar surface area (TPSA) is 54.4 Å². The molecular formula is C18H32O3S. The highest BCUT2D eigenvalue weighted by molar-refractivity contribution is 7.86. The third kappa shape index (κ3) is 4.23. The molecule has 0 saturated heterocycles. The molecule has 2 unspecified atom stereocenters. The highest BCUT2D eigenvalue weighted by Crippen LogP contribution is 2.47. The maximum absolute atomic E-state index is 12.1. The summed E-state index contributed by atoms with van der Waals surface area (Å²) in [7, 11) is -4.17. The summed E-state index contributed by atoms with van der Waals surface area (Å²) in [4.78, 5) is 0. The minimum atomic E-state index is -4.17. The molecule has 1 N–H and O–H groups in total. The van der Waals surface area contributed by atoms with E-state index in [1.807, 2.05) is 53.7 Å². The van der Waals surface area contributed by atoms with Crippen LogP contribution in [0.25, 0.3) is 0 Å². The molecule has 22 heavy (non-hydrogen) atoms. The van der Waals surface area contributed by atoms with Gasteiger partial charge in [0.15, 0.2) is 0 Å². The summed E-state index contributed by atoms with van der Waals surface area (Å²) >= 11 is 0. The molecule has 0 saturated carbocycles. The smallest absolute Gasteiger partial charge is 0.272 e. The van der Waals surface area contributed by atoms with Crippen molar-refractivity contribution in [2.24, 2.45) is 22.2 Å². The van der Waals surface area contributed by atoms with Gasteiger partial charge in [0.25, 0.3) is 10.1 Å². The van der Waals surface area contributed by atoms with Crippen LogP contribution in [0.15, 0.2) is 23.3 Å². The van der Waals surface area contributed by atoms with Crippen molar-refractivity contribution in [3.8, 4) is 0 Å². The van der Waals surface area contributed by atoms with Crippen molar-refractivity contribution in [3.63, 3.8) is 0 Å². The quantitative estimate of drug-likeness (QED) is 0.699. The normalized spacial score (nSPS) is 24.8. The van der Waals surface area contributed by atoms with Gasteiger partial charge in [-0.25, -0.2) is 0 Å². The summed E-state index contributed by atoms with van der Waals surface area (Å²) in [5.41, 5.74) is 1.28. The predicted molar refractivity (Wildman–Crippen MR) is 93.4 cm³/mol. The molecule has 0 bridgehead atoms. The van der Waals surface area contributed by atoms with E-state index in [2.05, 4.69) is 20.8 Å². The van der Waals surface area contributed by atoms with Gasteiger partial charge in [-0.2, -0.15) is 8.42 Å². The van der Waals surface area contributed by atoms with Crippen molar-refractivity contribution in [2.45, 2.75) is 67.6 Å². The maximum atomic E-state index is 12.1. The van der Waals surface area contributed by atoms with Crippen molar-refractivity contribution >= 4 is 10.1 Å². The van der Waals surface area contributed by atoms with E-state index < -0.39 is 15.4 Å². The van der Waals surface area contributed by atoms with E-state index in [0.29, 0.717) is 0 Å². The second-order valence-electron chi connectivity index (χ2n) is 9.55. The minimum Gasteiger partial charge on any atom is -0.285 e. The van der Waals surface area contributed by atoms with Crippen LogP contribution in [0.5, 0.6) is 0 Å². The van der Waals surface area contributed by atoms with E-state index in [4.69, 9.17) is 0 Å². The summed E-state index contributed by atoms with van der Waals surface area (Å²) in [6.07, 6.45) is 4.04. The second-order valence-corrected chi connectivity index (χ2v) is 11.1. The van der Waals surface area contributed by atoms with Crippen LogP contribution < -0.4 is 0 Å². The summed E-state index contributed by atoms with van der Waals surface area (Å²) < 4.78 is 34.2. The molecule has 0 aliphatic heterocycles. The molecule has 4 heteroatoms. The Bertz CT molecular complexity index is 588. The molecular weight excluding hydrogens is 296 g/mol. The van der Waals surface area contributed by atoms with Crippen molar-refractivity contribution < 1.29 is 13.0 Å². The van der Waals surface area contributed by atoms with E-state index in [9.17, 15) is 13.0 Å². The van der Waals surface area contributed by atoms with Crippen LogP contribution in [0, 0.1) is 22.2 Å². The summed E-state index contributed by atoms with van der Waals surface area (Å²) in [6, 6.07) is 0. The van der Waals surface area contributed by atoms with Gasteiger partial charge in [-0.3, -0.25) is 4.55 Å². The van der Waals surface area contributed by atoms with Crippen LogP contribution in [-0.2, 0) is 10.1 Å². The molecule has 128 valence electrons. The molecule has 0 amide bonds. The van der Waals surface area contributed by atoms with Crippen LogP contribution in [0.3, 0.4) is 0 Å². The Morgan fingerprint density at radius 3 is 1.64 bits per heavy atom. The lowest BCUT2D eigenvalue weighted by molar-refractivity contribution is 0.264. The zero-order valence-corrected chi connectivity index (χ0v) is 16.3. The fourth-order valence-electron chi connectivity index (χ4n) is 2.93. The van der Waals surface area contributed by atoms with Crippen molar-refractivity contribution in [2.75, 3.05) is 0 Å². The fourth-order valence-corrected chi connectivity index (χ4v) is 4.53. The van der Waals surface area contributed by atoms with Gasteiger partial charge in [-0.05, 0) is 27.4 Å². The fraction of sp³-hybridized carbons (Fsp3) is 0.778. The van der Waals surface area contributed by atoms with E-state index in [1.165, 1.54) is 0 Å². The molecule has 0 aromatic rings. The molecule has 1 rings (SSSR count). The average Bonchev–Trinajstić information content (AvgIpc) is 2.22. The molecule has 0 aromatic carbocycles. The molecule has 1 aliphatic carbocycles. The van der Waals surface area contributed by atoms with E-state index in [1.54, 1.807) is 0 Å². The summed E-state index contributed by atoms with van der Waals surface area (Å²) in [5, 5.41) is -0.876. The third-order valence-corrected chi connectivity index (χ3v) is 5.54. The third-order valence-electron chi connectivity index (χ3n) is 4.36. The minimum absolute atomic E-state index is 0.0653. The van der Waals surface area contributed by atoms with Gasteiger partial charge in [0.2, 0.25) is 0 Å². The largest absolute Gasteiger partial charge is 0.285 e. The van der Waals surface area contributed by atoms with Gasteiger partial charge < -0.3 is 0 Å². The predicted octanol–water partition coefficient (Wildman–Crippen LogP) is 4.86. The zero-order valence-electron chi connectivity index (χ0n) is 15.5. The number of allylic oxidation sites excluding steroid dienone is 3. The zero-order chi connectivity index (χ0) is 17.7. The SMILES string of the molecule is CC(C)(C)C1=CC(C(C)(C)C)C(S(=O)(=O)O)C(C(C)(C)C)=C1. The number of rotatable bonds is 1. The lowest BCUT2D eigenvalue weighted by Crippen LogP contribution is -2.43. The lowest BCUT2D eigenvalue weighted by Gasteiger charge is -2.43. The Hall–Kier alpha value is -0.610. The molecule has 0 fully saturated rings. The Morgan fingerprint density at radius 1 is 0.909 bits per heavy atom. The molecule has 0 aromatic heterocycles. The van der Waals surface area contributed by atoms with Crippen LogP contribution >= 0.6 is 0 Å². The maximum Gasteiger partial charge on any atom is 0.272 e. The Balaban J connectivity index is 3.68. The van der Waals surface area contributed by atoms with Crippen LogP contribution in [0.2, 0.25) is 0 Å². The molecule has 0 spiro atoms. The Morgan fingerprint density at radius 2 is 1.36 bits per heavy atom. The summed E-state index contributed by atoms with van der Waals surface area (Å²) in [6.45, 7) is 18.5. The van der Waals surface area contributed by atoms with Crippen molar-refractivity contribution in [1.29, 1.82) is 0 Å². The molecule has 0 radical (unpaired) electrons. The van der Waals surface area contributed by atoms with Crippen molar-refractivity contribution in [3.05, 3.63) is 23.3 Å². The van der Waals surface area contributed by atoms with Gasteiger partial charge in [-0.15, -0.1) is 0 Å². The highest BCUT2D eigenvalue weighted by atomic mass is 32.2. The standard InChI is InChI=1S/C18H32O3S/c1-16(2,3)12-10-13(17(4,5)6)15(22(19,20)21)14(11-12)18(7,8)9/h10-11,13,15H,1-9H3,(H,19,20,21). The monoisotopic (exact) mass is 328 g/mol. The van der Waals surface area contributed by atoms with Gasteiger partial charge >= 0.3 is 0 Å². The second kappa shape index (κ2) is 5.48. The Kier molecular flexibility index (Phi) is 4.84. The van der Waals surface area contributed by atoms with Crippen LogP contribution in [0.1, 0.15) is 62.3 Å².